The van der Waals surface area contributed by atoms with Gasteiger partial charge in [0, 0.05) is 0 Å². The Kier molecular flexibility index (Phi) is 8.76. The third-order valence-corrected chi connectivity index (χ3v) is 3.78. The number of rotatable bonds is 9. The molecule has 0 aromatic rings. The fourth-order valence-electron chi connectivity index (χ4n) is 1.05. The molecule has 0 aliphatic carbocycles. The summed E-state index contributed by atoms with van der Waals surface area (Å²) in [5.74, 6) is -0.331. The predicted molar refractivity (Wildman–Crippen MR) is 66.1 cm³/mol. The van der Waals surface area contributed by atoms with E-state index >= 15 is 0 Å². The van der Waals surface area contributed by atoms with E-state index in [-0.39, 0.29) is 5.91 Å². The molecule has 0 spiro atoms. The van der Waals surface area contributed by atoms with Gasteiger partial charge in [0.05, 0.1) is 0 Å². The summed E-state index contributed by atoms with van der Waals surface area (Å²) in [5.41, 5.74) is 0. The van der Waals surface area contributed by atoms with Crippen LogP contribution in [0, 0.1) is 0 Å². The van der Waals surface area contributed by atoms with Crippen molar-refractivity contribution >= 4 is 14.0 Å². The molecule has 0 aliphatic rings. The molecule has 98 valence electrons. The van der Waals surface area contributed by atoms with Crippen LogP contribution < -0.4 is 5.09 Å². The molecule has 1 amide bonds. The number of amides is 1. The number of hydrogen-bond acceptors (Lipinski definition) is 4. The molecule has 5 nitrogen and oxygen atoms in total. The van der Waals surface area contributed by atoms with Gasteiger partial charge < -0.3 is 0 Å². The normalized spacial score (nSPS) is 12.5. The SMILES string of the molecule is CCCCO[PH](O)(NC(C)=O)OCCCC. The number of carbonyl (C=O) groups excluding carboxylic acids is 1. The standard InChI is InChI=1S/C10H24NO4P/c1-4-6-8-14-16(13,11-10(3)12)15-9-7-5-2/h13,16H,4-9H2,1-3H3,(H,11,12). The zero-order chi connectivity index (χ0) is 12.4. The molecule has 6 heteroatoms. The Morgan fingerprint density at radius 2 is 1.62 bits per heavy atom. The van der Waals surface area contributed by atoms with Gasteiger partial charge in [-0.25, -0.2) is 0 Å². The molecule has 0 rings (SSSR count). The predicted octanol–water partition coefficient (Wildman–Crippen LogP) is 2.16. The quantitative estimate of drug-likeness (QED) is 0.488. The Bertz CT molecular complexity index is 191. The summed E-state index contributed by atoms with van der Waals surface area (Å²) in [6.45, 7) is 6.21. The van der Waals surface area contributed by atoms with Gasteiger partial charge in [0.1, 0.15) is 0 Å². The summed E-state index contributed by atoms with van der Waals surface area (Å²) in [4.78, 5) is 20.9. The van der Waals surface area contributed by atoms with Crippen molar-refractivity contribution in [3.63, 3.8) is 0 Å². The molecular weight excluding hydrogens is 229 g/mol. The molecule has 0 bridgehead atoms. The van der Waals surface area contributed by atoms with Gasteiger partial charge in [0.2, 0.25) is 0 Å². The van der Waals surface area contributed by atoms with Crippen LogP contribution in [0.15, 0.2) is 0 Å². The molecule has 0 heterocycles. The van der Waals surface area contributed by atoms with E-state index in [2.05, 4.69) is 5.09 Å². The van der Waals surface area contributed by atoms with Crippen LogP contribution in [-0.2, 0) is 13.8 Å². The van der Waals surface area contributed by atoms with Gasteiger partial charge >= 0.3 is 97.5 Å². The zero-order valence-electron chi connectivity index (χ0n) is 10.4. The Balaban J connectivity index is 4.07. The van der Waals surface area contributed by atoms with Gasteiger partial charge in [-0.2, -0.15) is 0 Å². The summed E-state index contributed by atoms with van der Waals surface area (Å²) in [6.07, 6.45) is 3.62. The fraction of sp³-hybridized carbons (Fsp3) is 0.900. The summed E-state index contributed by atoms with van der Waals surface area (Å²) >= 11 is 0. The molecule has 16 heavy (non-hydrogen) atoms. The van der Waals surface area contributed by atoms with Crippen molar-refractivity contribution < 1.29 is 18.7 Å². The van der Waals surface area contributed by atoms with Crippen LogP contribution in [0.4, 0.5) is 0 Å². The maximum atomic E-state index is 10.9. The molecule has 0 aromatic carbocycles. The molecule has 0 atom stereocenters. The molecular formula is C10H24NO4P. The van der Waals surface area contributed by atoms with Crippen LogP contribution in [0.1, 0.15) is 46.5 Å². The van der Waals surface area contributed by atoms with E-state index in [1.165, 1.54) is 6.92 Å². The third-order valence-electron chi connectivity index (χ3n) is 1.93. The topological polar surface area (TPSA) is 67.8 Å². The molecule has 0 unspecified atom stereocenters. The summed E-state index contributed by atoms with van der Waals surface area (Å²) < 4.78 is 10.5. The van der Waals surface area contributed by atoms with E-state index in [9.17, 15) is 9.69 Å². The van der Waals surface area contributed by atoms with E-state index in [0.29, 0.717) is 13.2 Å². The Hall–Kier alpha value is -0.220. The zero-order valence-corrected chi connectivity index (χ0v) is 11.4. The first-order chi connectivity index (χ1) is 7.54. The van der Waals surface area contributed by atoms with Crippen LogP contribution in [0.25, 0.3) is 0 Å². The molecule has 0 aromatic heterocycles. The van der Waals surface area contributed by atoms with Crippen molar-refractivity contribution in [2.24, 2.45) is 0 Å². The minimum atomic E-state index is -3.49. The van der Waals surface area contributed by atoms with E-state index in [0.717, 1.165) is 25.7 Å². The van der Waals surface area contributed by atoms with E-state index in [4.69, 9.17) is 9.05 Å². The first kappa shape index (κ1) is 15.8. The van der Waals surface area contributed by atoms with Crippen LogP contribution >= 0.6 is 8.09 Å². The molecule has 0 radical (unpaired) electrons. The number of unbranched alkanes of at least 4 members (excludes halogenated alkanes) is 2. The van der Waals surface area contributed by atoms with Crippen molar-refractivity contribution in [2.45, 2.75) is 46.5 Å². The first-order valence-corrected chi connectivity index (χ1v) is 7.59. The second kappa shape index (κ2) is 8.88. The van der Waals surface area contributed by atoms with E-state index < -0.39 is 8.09 Å². The first-order valence-electron chi connectivity index (χ1n) is 5.83. The Morgan fingerprint density at radius 1 is 1.19 bits per heavy atom. The average molecular weight is 253 g/mol. The third kappa shape index (κ3) is 7.99. The second-order valence-electron chi connectivity index (χ2n) is 3.67. The monoisotopic (exact) mass is 253 g/mol. The van der Waals surface area contributed by atoms with Crippen molar-refractivity contribution in [3.05, 3.63) is 0 Å². The van der Waals surface area contributed by atoms with Gasteiger partial charge in [-0.05, 0) is 0 Å². The van der Waals surface area contributed by atoms with Crippen LogP contribution in [0.5, 0.6) is 0 Å². The van der Waals surface area contributed by atoms with Gasteiger partial charge in [0.25, 0.3) is 0 Å². The molecule has 2 N–H and O–H groups in total. The molecule has 0 fully saturated rings. The van der Waals surface area contributed by atoms with Gasteiger partial charge in [0.15, 0.2) is 0 Å². The summed E-state index contributed by atoms with van der Waals surface area (Å²) in [7, 11) is -3.49. The Labute approximate surface area is 98.2 Å². The fourth-order valence-corrected chi connectivity index (χ4v) is 2.56. The number of nitrogens with one attached hydrogen (secondary N) is 1. The van der Waals surface area contributed by atoms with Gasteiger partial charge in [-0.1, -0.05) is 0 Å². The van der Waals surface area contributed by atoms with Gasteiger partial charge in [-0.15, -0.1) is 0 Å². The van der Waals surface area contributed by atoms with Crippen molar-refractivity contribution in [1.82, 2.24) is 5.09 Å². The molecule has 0 saturated heterocycles. The van der Waals surface area contributed by atoms with Crippen LogP contribution in [0.2, 0.25) is 0 Å². The van der Waals surface area contributed by atoms with Crippen molar-refractivity contribution in [3.8, 4) is 0 Å². The van der Waals surface area contributed by atoms with Gasteiger partial charge in [-0.3, -0.25) is 0 Å². The Morgan fingerprint density at radius 3 is 1.94 bits per heavy atom. The van der Waals surface area contributed by atoms with Crippen molar-refractivity contribution in [2.75, 3.05) is 13.2 Å². The minimum absolute atomic E-state index is 0.331. The molecule has 0 aliphatic heterocycles. The maximum absolute atomic E-state index is 10.9. The average Bonchev–Trinajstić information content (AvgIpc) is 2.17. The number of carbonyl (C=O) groups is 1. The summed E-state index contributed by atoms with van der Waals surface area (Å²) in [6, 6.07) is 0. The van der Waals surface area contributed by atoms with E-state index in [1.54, 1.807) is 0 Å². The number of hydrogen-bond donors (Lipinski definition) is 2. The van der Waals surface area contributed by atoms with Crippen molar-refractivity contribution in [1.29, 1.82) is 0 Å². The van der Waals surface area contributed by atoms with Crippen LogP contribution in [0.3, 0.4) is 0 Å². The second-order valence-corrected chi connectivity index (χ2v) is 5.66. The van der Waals surface area contributed by atoms with Crippen LogP contribution in [-0.4, -0.2) is 24.0 Å². The molecule has 0 saturated carbocycles. The summed E-state index contributed by atoms with van der Waals surface area (Å²) in [5, 5.41) is 2.39. The van der Waals surface area contributed by atoms with E-state index in [1.807, 2.05) is 13.8 Å².